The van der Waals surface area contributed by atoms with Gasteiger partial charge in [-0.1, -0.05) is 72.8 Å². The maximum absolute atomic E-state index is 16.9. The van der Waals surface area contributed by atoms with Gasteiger partial charge in [-0.05, 0) is 60.0 Å². The molecule has 1 aliphatic heterocycles. The van der Waals surface area contributed by atoms with E-state index in [-0.39, 0.29) is 42.2 Å². The van der Waals surface area contributed by atoms with Crippen LogP contribution in [0.25, 0.3) is 11.2 Å². The summed E-state index contributed by atoms with van der Waals surface area (Å²) in [5.41, 5.74) is 1.67. The van der Waals surface area contributed by atoms with Crippen molar-refractivity contribution in [3.05, 3.63) is 144 Å². The summed E-state index contributed by atoms with van der Waals surface area (Å²) in [5.74, 6) is -0.0227. The number of esters is 1. The van der Waals surface area contributed by atoms with E-state index in [4.69, 9.17) is 23.7 Å². The van der Waals surface area contributed by atoms with Crippen LogP contribution in [-0.2, 0) is 29.4 Å². The first kappa shape index (κ1) is 38.8. The number of hydrogen-bond donors (Lipinski definition) is 1. The Balaban J connectivity index is 1.26. The molecule has 0 spiro atoms. The van der Waals surface area contributed by atoms with E-state index < -0.39 is 42.1 Å². The summed E-state index contributed by atoms with van der Waals surface area (Å²) in [7, 11) is 3.16. The lowest BCUT2D eigenvalue weighted by Crippen LogP contribution is -2.41. The molecule has 13 nitrogen and oxygen atoms in total. The molecular weight excluding hydrogens is 733 g/mol. The van der Waals surface area contributed by atoms with Gasteiger partial charge in [-0.25, -0.2) is 19.3 Å². The summed E-state index contributed by atoms with van der Waals surface area (Å²) < 4.78 is 48.4. The highest BCUT2D eigenvalue weighted by Crippen LogP contribution is 2.44. The Morgan fingerprint density at radius 2 is 1.39 bits per heavy atom. The zero-order chi connectivity index (χ0) is 39.9. The highest BCUT2D eigenvalue weighted by Gasteiger charge is 2.51. The van der Waals surface area contributed by atoms with Crippen molar-refractivity contribution >= 4 is 34.6 Å². The number of hydrogen-bond acceptors (Lipinski definition) is 11. The van der Waals surface area contributed by atoms with Gasteiger partial charge in [0.2, 0.25) is 0 Å². The Morgan fingerprint density at radius 1 is 0.789 bits per heavy atom. The van der Waals surface area contributed by atoms with E-state index in [2.05, 4.69) is 20.3 Å². The normalized spacial score (nSPS) is 17.9. The molecule has 57 heavy (non-hydrogen) atoms. The van der Waals surface area contributed by atoms with Crippen LogP contribution in [0.2, 0.25) is 0 Å². The summed E-state index contributed by atoms with van der Waals surface area (Å²) in [4.78, 5) is 50.8. The number of aromatic nitrogens is 4. The molecule has 1 amide bonds. The Morgan fingerprint density at radius 3 is 1.98 bits per heavy atom. The van der Waals surface area contributed by atoms with E-state index in [0.717, 1.165) is 16.7 Å². The van der Waals surface area contributed by atoms with E-state index in [1.54, 1.807) is 44.6 Å². The summed E-state index contributed by atoms with van der Waals surface area (Å²) in [6, 6.07) is 32.9. The molecule has 1 fully saturated rings. The highest BCUT2D eigenvalue weighted by atomic mass is 19.1. The minimum Gasteiger partial charge on any atom is -0.497 e. The minimum absolute atomic E-state index is 0.0689. The standard InChI is InChI=1S/C43H40FN5O8/c1-27(50)14-23-35(51)57-38-34(56-42(36(38)44)49-26-47-37-39(45-25-46-40(37)49)48-41(52)28-10-6-4-7-11-28)24-55-43(29-12-8-5-9-13-29,30-15-19-32(53-2)20-16-30)31-17-21-33(54-3)22-18-31/h4-13,15-22,25-26,34,36,38,42H,14,23-24H2,1-3H3,(H,45,46,48,52)/t34-,36?,38?,42-/m1/s1. The Hall–Kier alpha value is -6.51. The van der Waals surface area contributed by atoms with Crippen LogP contribution in [0, 0.1) is 0 Å². The molecule has 2 unspecified atom stereocenters. The zero-order valence-electron chi connectivity index (χ0n) is 31.4. The van der Waals surface area contributed by atoms with Crippen LogP contribution >= 0.6 is 0 Å². The van der Waals surface area contributed by atoms with Crippen LogP contribution in [0.3, 0.4) is 0 Å². The van der Waals surface area contributed by atoms with Gasteiger partial charge in [0.15, 0.2) is 35.5 Å². The number of halogens is 1. The quantitative estimate of drug-likeness (QED) is 0.0885. The van der Waals surface area contributed by atoms with Crippen molar-refractivity contribution in [1.29, 1.82) is 0 Å². The number of ether oxygens (including phenoxy) is 5. The van der Waals surface area contributed by atoms with Crippen LogP contribution in [-0.4, -0.2) is 76.4 Å². The van der Waals surface area contributed by atoms with Gasteiger partial charge in [0.05, 0.1) is 33.6 Å². The van der Waals surface area contributed by atoms with Crippen molar-refractivity contribution in [3.63, 3.8) is 0 Å². The number of anilines is 1. The monoisotopic (exact) mass is 773 g/mol. The van der Waals surface area contributed by atoms with Gasteiger partial charge in [-0.2, -0.15) is 0 Å². The number of amides is 1. The van der Waals surface area contributed by atoms with Crippen LogP contribution < -0.4 is 14.8 Å². The molecule has 7 rings (SSSR count). The number of methoxy groups -OCH3 is 2. The van der Waals surface area contributed by atoms with Crippen LogP contribution in [0.4, 0.5) is 10.2 Å². The third kappa shape index (κ3) is 8.09. The third-order valence-corrected chi connectivity index (χ3v) is 9.75. The smallest absolute Gasteiger partial charge is 0.306 e. The zero-order valence-corrected chi connectivity index (χ0v) is 31.4. The second kappa shape index (κ2) is 17.1. The van der Waals surface area contributed by atoms with Crippen LogP contribution in [0.15, 0.2) is 122 Å². The molecule has 1 aliphatic rings. The number of fused-ring (bicyclic) bond motifs is 1. The molecule has 1 saturated heterocycles. The van der Waals surface area contributed by atoms with Gasteiger partial charge >= 0.3 is 5.97 Å². The predicted octanol–water partition coefficient (Wildman–Crippen LogP) is 6.62. The number of benzene rings is 4. The fourth-order valence-corrected chi connectivity index (χ4v) is 6.86. The lowest BCUT2D eigenvalue weighted by atomic mass is 9.80. The maximum atomic E-state index is 16.9. The summed E-state index contributed by atoms with van der Waals surface area (Å²) in [6.07, 6.45) is -3.72. The van der Waals surface area contributed by atoms with Crippen molar-refractivity contribution in [2.75, 3.05) is 26.1 Å². The van der Waals surface area contributed by atoms with E-state index >= 15 is 4.39 Å². The summed E-state index contributed by atoms with van der Waals surface area (Å²) in [6.45, 7) is 1.09. The van der Waals surface area contributed by atoms with E-state index in [0.29, 0.717) is 17.1 Å². The Kier molecular flexibility index (Phi) is 11.6. The highest BCUT2D eigenvalue weighted by molar-refractivity contribution is 6.06. The second-order valence-corrected chi connectivity index (χ2v) is 13.3. The average molecular weight is 774 g/mol. The molecule has 14 heteroatoms. The van der Waals surface area contributed by atoms with E-state index in [1.165, 1.54) is 24.1 Å². The number of carbonyl (C=O) groups is 3. The van der Waals surface area contributed by atoms with Gasteiger partial charge < -0.3 is 33.8 Å². The molecule has 0 radical (unpaired) electrons. The Labute approximate surface area is 327 Å². The number of carbonyl (C=O) groups excluding carboxylic acids is 3. The SMILES string of the molecule is COc1ccc(C(OC[C@H]2O[C@@H](n3cnc4c(NC(=O)c5ccccc5)ncnc43)C(F)C2OC(=O)CCC(C)=O)(c2ccccc2)c2ccc(OC)cc2)cc1. The summed E-state index contributed by atoms with van der Waals surface area (Å²) >= 11 is 0. The number of rotatable bonds is 15. The molecule has 292 valence electrons. The fourth-order valence-electron chi connectivity index (χ4n) is 6.86. The number of ketones is 1. The van der Waals surface area contributed by atoms with Crippen molar-refractivity contribution in [2.24, 2.45) is 0 Å². The third-order valence-electron chi connectivity index (χ3n) is 9.75. The lowest BCUT2D eigenvalue weighted by molar-refractivity contribution is -0.158. The van der Waals surface area contributed by atoms with E-state index in [1.807, 2.05) is 78.9 Å². The molecule has 4 atom stereocenters. The molecule has 4 aromatic carbocycles. The van der Waals surface area contributed by atoms with Crippen LogP contribution in [0.5, 0.6) is 11.5 Å². The largest absolute Gasteiger partial charge is 0.497 e. The van der Waals surface area contributed by atoms with Gasteiger partial charge in [-0.15, -0.1) is 0 Å². The second-order valence-electron chi connectivity index (χ2n) is 13.3. The maximum Gasteiger partial charge on any atom is 0.306 e. The Bertz CT molecular complexity index is 2280. The van der Waals surface area contributed by atoms with Crippen LogP contribution in [0.1, 0.15) is 53.0 Å². The van der Waals surface area contributed by atoms with Gasteiger partial charge in [-0.3, -0.25) is 14.2 Å². The molecule has 1 N–H and O–H groups in total. The number of Topliss-reactive ketones (excluding diaryl/α,β-unsaturated/α-hetero) is 1. The van der Waals surface area contributed by atoms with Crippen molar-refractivity contribution in [3.8, 4) is 11.5 Å². The number of nitrogens with zero attached hydrogens (tertiary/aromatic N) is 4. The topological polar surface area (TPSA) is 153 Å². The molecular formula is C43H40FN5O8. The number of nitrogens with one attached hydrogen (secondary N) is 1. The molecule has 0 aliphatic carbocycles. The molecule has 6 aromatic rings. The first-order chi connectivity index (χ1) is 27.7. The van der Waals surface area contributed by atoms with Crippen molar-refractivity contribution in [2.45, 2.75) is 50.0 Å². The van der Waals surface area contributed by atoms with Gasteiger partial charge in [0.1, 0.15) is 35.3 Å². The van der Waals surface area contributed by atoms with Crippen molar-refractivity contribution in [1.82, 2.24) is 19.5 Å². The predicted molar refractivity (Wildman–Crippen MR) is 207 cm³/mol. The van der Waals surface area contributed by atoms with Crippen molar-refractivity contribution < 1.29 is 42.5 Å². The van der Waals surface area contributed by atoms with Gasteiger partial charge in [0.25, 0.3) is 5.91 Å². The number of alkyl halides is 1. The molecule has 2 aromatic heterocycles. The molecule has 3 heterocycles. The lowest BCUT2D eigenvalue weighted by Gasteiger charge is -2.37. The summed E-state index contributed by atoms with van der Waals surface area (Å²) in [5, 5.41) is 2.75. The number of imidazole rings is 1. The first-order valence-corrected chi connectivity index (χ1v) is 18.2. The van der Waals surface area contributed by atoms with Gasteiger partial charge in [0, 0.05) is 12.0 Å². The molecule has 0 bridgehead atoms. The first-order valence-electron chi connectivity index (χ1n) is 18.2. The fraction of sp³-hybridized carbons (Fsp3) is 0.256. The molecule has 0 saturated carbocycles. The minimum atomic E-state index is -1.94. The average Bonchev–Trinajstić information content (AvgIpc) is 3.82. The van der Waals surface area contributed by atoms with E-state index in [9.17, 15) is 14.4 Å².